The maximum absolute atomic E-state index is 13.6. The number of hydrogen-bond donors (Lipinski definition) is 6. The predicted molar refractivity (Wildman–Crippen MR) is 202 cm³/mol. The summed E-state index contributed by atoms with van der Waals surface area (Å²) in [6.07, 6.45) is 3.53. The fourth-order valence-electron chi connectivity index (χ4n) is 5.36. The van der Waals surface area contributed by atoms with Gasteiger partial charge in [-0.15, -0.1) is 4.28 Å². The number of carboxylic acid groups (broad SMARTS) is 1. The number of rotatable bonds is 13. The van der Waals surface area contributed by atoms with Crippen molar-refractivity contribution < 1.29 is 46.3 Å². The number of nitrogens with one attached hydrogen (secondary N) is 2. The summed E-state index contributed by atoms with van der Waals surface area (Å²) in [6, 6.07) is 5.11. The van der Waals surface area contributed by atoms with Gasteiger partial charge in [-0.3, -0.25) is 23.9 Å². The van der Waals surface area contributed by atoms with Gasteiger partial charge in [0.25, 0.3) is 12.4 Å². The van der Waals surface area contributed by atoms with E-state index in [2.05, 4.69) is 20.1 Å². The topological polar surface area (TPSA) is 261 Å². The minimum atomic E-state index is -5.00. The van der Waals surface area contributed by atoms with Crippen molar-refractivity contribution in [1.82, 2.24) is 20.6 Å². The van der Waals surface area contributed by atoms with E-state index in [0.29, 0.717) is 35.2 Å². The van der Waals surface area contributed by atoms with Gasteiger partial charge in [0.15, 0.2) is 11.8 Å². The van der Waals surface area contributed by atoms with Gasteiger partial charge >= 0.3 is 10.4 Å². The number of oxime groups is 1. The molecule has 0 radical (unpaired) electrons. The molecule has 3 aliphatic heterocycles. The summed E-state index contributed by atoms with van der Waals surface area (Å²) in [4.78, 5) is 45.9. The van der Waals surface area contributed by atoms with Crippen LogP contribution in [0.1, 0.15) is 78.4 Å². The molecule has 1 fully saturated rings. The average Bonchev–Trinajstić information content (AvgIpc) is 3.27. The van der Waals surface area contributed by atoms with Crippen molar-refractivity contribution in [3.8, 4) is 5.75 Å². The second-order valence-electron chi connectivity index (χ2n) is 12.6. The second-order valence-corrected chi connectivity index (χ2v) is 14.6. The number of ether oxygens (including phenoxy) is 1. The van der Waals surface area contributed by atoms with Crippen LogP contribution in [0, 0.1) is 0 Å². The second kappa shape index (κ2) is 21.1. The molecule has 1 aromatic rings. The Bertz CT molecular complexity index is 1580. The average molecular weight is 787 g/mol. The lowest BCUT2D eigenvalue weighted by Gasteiger charge is -2.38. The summed E-state index contributed by atoms with van der Waals surface area (Å²) in [5, 5.41) is 19.3. The first-order valence-corrected chi connectivity index (χ1v) is 19.6. The van der Waals surface area contributed by atoms with E-state index in [1.807, 2.05) is 32.0 Å². The third-order valence-electron chi connectivity index (χ3n) is 8.82. The zero-order valence-corrected chi connectivity index (χ0v) is 32.9. The molecule has 18 nitrogen and oxygen atoms in total. The van der Waals surface area contributed by atoms with Crippen molar-refractivity contribution in [2.45, 2.75) is 109 Å². The fraction of sp³-hybridized carbons (Fsp3) is 0.606. The lowest BCUT2D eigenvalue weighted by Crippen LogP contribution is -2.58. The minimum Gasteiger partial charge on any atom is -0.486 e. The van der Waals surface area contributed by atoms with Gasteiger partial charge in [0, 0.05) is 18.0 Å². The SMILES string of the molecule is CC.CC(O/N=C(\C(=O)NC(C)C(C)(C)N(C=O)OS(=O)(=O)O)C1=CSC(N)N1C)C1CCc2cc(C(N)=NC3CCCNCC3)ccc2O1.O=CO. The Kier molecular flexibility index (Phi) is 18.0. The van der Waals surface area contributed by atoms with Crippen LogP contribution in [0.5, 0.6) is 5.75 Å². The molecule has 8 N–H and O–H groups in total. The smallest absolute Gasteiger partial charge is 0.418 e. The van der Waals surface area contributed by atoms with Gasteiger partial charge in [-0.05, 0) is 96.7 Å². The molecule has 3 heterocycles. The van der Waals surface area contributed by atoms with Crippen LogP contribution in [0.3, 0.4) is 0 Å². The van der Waals surface area contributed by atoms with Gasteiger partial charge in [0.1, 0.15) is 23.2 Å². The minimum absolute atomic E-state index is 0.0846. The number of thioether (sulfide) groups is 1. The fourth-order valence-corrected chi connectivity index (χ4v) is 6.63. The number of nitrogens with zero attached hydrogens (tertiary/aromatic N) is 4. The highest BCUT2D eigenvalue weighted by Crippen LogP contribution is 2.31. The maximum atomic E-state index is 13.6. The largest absolute Gasteiger partial charge is 0.486 e. The number of carbonyl (C=O) groups excluding carboxylic acids is 2. The molecule has 2 amide bonds. The van der Waals surface area contributed by atoms with Crippen molar-refractivity contribution >= 4 is 52.5 Å². The van der Waals surface area contributed by atoms with Crippen LogP contribution in [-0.2, 0) is 40.3 Å². The summed E-state index contributed by atoms with van der Waals surface area (Å²) >= 11 is 1.28. The lowest BCUT2D eigenvalue weighted by atomic mass is 9.95. The molecule has 5 unspecified atom stereocenters. The van der Waals surface area contributed by atoms with Crippen molar-refractivity contribution in [3.05, 3.63) is 40.4 Å². The Morgan fingerprint density at radius 3 is 2.51 bits per heavy atom. The Labute approximate surface area is 315 Å². The molecule has 0 saturated carbocycles. The Hall–Kier alpha value is -3.95. The quantitative estimate of drug-likeness (QED) is 0.0549. The summed E-state index contributed by atoms with van der Waals surface area (Å²) in [5.41, 5.74) is 12.8. The van der Waals surface area contributed by atoms with E-state index in [4.69, 9.17) is 40.5 Å². The van der Waals surface area contributed by atoms with Crippen LogP contribution in [0.15, 0.2) is 39.5 Å². The normalized spacial score (nSPS) is 21.7. The van der Waals surface area contributed by atoms with Crippen molar-refractivity contribution in [3.63, 3.8) is 0 Å². The first kappa shape index (κ1) is 45.2. The number of hydroxylamine groups is 2. The van der Waals surface area contributed by atoms with Crippen LogP contribution in [0.25, 0.3) is 0 Å². The first-order chi connectivity index (χ1) is 25.0. The first-order valence-electron chi connectivity index (χ1n) is 17.2. The third kappa shape index (κ3) is 13.1. The third-order valence-corrected chi connectivity index (χ3v) is 10.1. The van der Waals surface area contributed by atoms with E-state index >= 15 is 0 Å². The van der Waals surface area contributed by atoms with Gasteiger partial charge in [0.2, 0.25) is 6.41 Å². The zero-order valence-electron chi connectivity index (χ0n) is 31.2. The Balaban J connectivity index is 0.00000185. The number of fused-ring (bicyclic) bond motifs is 1. The predicted octanol–water partition coefficient (Wildman–Crippen LogP) is 1.95. The molecule has 4 rings (SSSR count). The maximum Gasteiger partial charge on any atom is 0.418 e. The molecular formula is C33H54N8O10S2. The molecular weight excluding hydrogens is 733 g/mol. The van der Waals surface area contributed by atoms with Crippen molar-refractivity contribution in [2.75, 3.05) is 20.1 Å². The summed E-state index contributed by atoms with van der Waals surface area (Å²) in [7, 11) is -3.30. The molecule has 20 heteroatoms. The number of amides is 2. The Morgan fingerprint density at radius 1 is 1.23 bits per heavy atom. The van der Waals surface area contributed by atoms with Crippen molar-refractivity contribution in [2.24, 2.45) is 21.6 Å². The molecule has 298 valence electrons. The van der Waals surface area contributed by atoms with E-state index in [0.717, 1.165) is 43.5 Å². The van der Waals surface area contributed by atoms with Crippen molar-refractivity contribution in [1.29, 1.82) is 0 Å². The summed E-state index contributed by atoms with van der Waals surface area (Å²) < 4.78 is 42.3. The number of hydrogen-bond acceptors (Lipinski definition) is 14. The zero-order chi connectivity index (χ0) is 39.9. The van der Waals surface area contributed by atoms with E-state index in [9.17, 15) is 18.0 Å². The molecule has 5 atom stereocenters. The van der Waals surface area contributed by atoms with Gasteiger partial charge in [-0.25, -0.2) is 0 Å². The van der Waals surface area contributed by atoms with Gasteiger partial charge in [-0.1, -0.05) is 30.8 Å². The summed E-state index contributed by atoms with van der Waals surface area (Å²) in [5.74, 6) is 0.549. The van der Waals surface area contributed by atoms with Crippen LogP contribution in [-0.4, -0.2) is 114 Å². The monoisotopic (exact) mass is 786 g/mol. The van der Waals surface area contributed by atoms with Crippen LogP contribution in [0.4, 0.5) is 0 Å². The number of carbonyl (C=O) groups is 3. The number of aryl methyl sites for hydroxylation is 1. The van der Waals surface area contributed by atoms with E-state index in [1.54, 1.807) is 24.3 Å². The molecule has 0 bridgehead atoms. The highest BCUT2D eigenvalue weighted by atomic mass is 32.3. The standard InChI is InChI=1S/C30H46N8O8S2.C2H6.CH2O2/c1-18(24-10-8-20-15-21(9-11-25(20)44-24)27(31)35-22-7-6-13-33-14-12-22)45-36-26(23-16-47-29(32)37(23)5)28(40)34-19(2)30(3,4)38(17-39)46-48(41,42)43;1-2;2-1-3/h9,11,15-19,22,24,29,33H,6-8,10,12-14,32H2,1-5H3,(H2,31,35)(H,34,40)(H,41,42,43);1-2H3;1H,(H,2,3)/b36-26-;;. The summed E-state index contributed by atoms with van der Waals surface area (Å²) in [6.45, 7) is 11.9. The molecule has 3 aliphatic rings. The van der Waals surface area contributed by atoms with Crippen LogP contribution < -0.4 is 26.8 Å². The molecule has 1 saturated heterocycles. The molecule has 0 aliphatic carbocycles. The number of amidine groups is 1. The van der Waals surface area contributed by atoms with E-state index in [1.165, 1.54) is 32.5 Å². The van der Waals surface area contributed by atoms with Gasteiger partial charge in [0.05, 0.1) is 23.3 Å². The highest BCUT2D eigenvalue weighted by molar-refractivity contribution is 8.02. The van der Waals surface area contributed by atoms with E-state index in [-0.39, 0.29) is 30.7 Å². The Morgan fingerprint density at radius 2 is 1.91 bits per heavy atom. The lowest BCUT2D eigenvalue weighted by molar-refractivity contribution is -0.166. The molecule has 1 aromatic carbocycles. The molecule has 53 heavy (non-hydrogen) atoms. The van der Waals surface area contributed by atoms with Gasteiger partial charge < -0.3 is 41.7 Å². The van der Waals surface area contributed by atoms with Crippen LogP contribution in [0.2, 0.25) is 0 Å². The van der Waals surface area contributed by atoms with Gasteiger partial charge in [-0.2, -0.15) is 13.5 Å². The molecule has 0 spiro atoms. The number of aliphatic imine (C=N–C) groups is 1. The molecule has 0 aromatic heterocycles. The van der Waals surface area contributed by atoms with Crippen LogP contribution >= 0.6 is 11.8 Å². The number of nitrogens with two attached hydrogens (primary N) is 2. The highest BCUT2D eigenvalue weighted by Gasteiger charge is 2.39. The van der Waals surface area contributed by atoms with E-state index < -0.39 is 39.5 Å². The number of benzene rings is 1.